The van der Waals surface area contributed by atoms with Crippen molar-refractivity contribution in [1.82, 2.24) is 14.9 Å². The molecule has 5 heteroatoms. The van der Waals surface area contributed by atoms with Gasteiger partial charge in [0.15, 0.2) is 0 Å². The van der Waals surface area contributed by atoms with Crippen LogP contribution in [-0.2, 0) is 0 Å². The smallest absolute Gasteiger partial charge is 0.0953 e. The summed E-state index contributed by atoms with van der Waals surface area (Å²) < 4.78 is 2.23. The minimum Gasteiger partial charge on any atom is -0.327 e. The van der Waals surface area contributed by atoms with Crippen molar-refractivity contribution in [2.24, 2.45) is 0 Å². The first-order valence-electron chi connectivity index (χ1n) is 7.34. The molecule has 1 fully saturated rings. The quantitative estimate of drug-likeness (QED) is 0.914. The molecule has 2 heterocycles. The van der Waals surface area contributed by atoms with Crippen LogP contribution in [0.4, 0.5) is 0 Å². The molecule has 0 radical (unpaired) electrons. The van der Waals surface area contributed by atoms with Crippen LogP contribution in [-0.4, -0.2) is 22.6 Å². The van der Waals surface area contributed by atoms with Crippen LogP contribution >= 0.6 is 23.2 Å². The van der Waals surface area contributed by atoms with Gasteiger partial charge in [0, 0.05) is 34.4 Å². The average molecular weight is 324 g/mol. The summed E-state index contributed by atoms with van der Waals surface area (Å²) in [6, 6.07) is 5.83. The Balaban J connectivity index is 1.91. The molecule has 0 saturated carbocycles. The van der Waals surface area contributed by atoms with Gasteiger partial charge in [-0.1, -0.05) is 29.3 Å². The van der Waals surface area contributed by atoms with Crippen LogP contribution in [0.2, 0.25) is 10.0 Å². The zero-order valence-corrected chi connectivity index (χ0v) is 13.5. The summed E-state index contributed by atoms with van der Waals surface area (Å²) in [5.74, 6) is 0.523. The maximum Gasteiger partial charge on any atom is 0.0953 e. The molecule has 3 rings (SSSR count). The predicted molar refractivity (Wildman–Crippen MR) is 87.3 cm³/mol. The van der Waals surface area contributed by atoms with Gasteiger partial charge < -0.3 is 9.88 Å². The van der Waals surface area contributed by atoms with E-state index in [0.717, 1.165) is 18.7 Å². The van der Waals surface area contributed by atoms with Crippen LogP contribution in [0.1, 0.15) is 43.0 Å². The fraction of sp³-hybridized carbons (Fsp3) is 0.438. The number of benzene rings is 1. The van der Waals surface area contributed by atoms with E-state index in [1.807, 2.05) is 24.7 Å². The van der Waals surface area contributed by atoms with Crippen LogP contribution in [0.15, 0.2) is 30.7 Å². The lowest BCUT2D eigenvalue weighted by atomic mass is 9.95. The van der Waals surface area contributed by atoms with Crippen LogP contribution in [0.5, 0.6) is 0 Å². The van der Waals surface area contributed by atoms with Gasteiger partial charge in [0.2, 0.25) is 0 Å². The normalized spacial score (nSPS) is 20.4. The van der Waals surface area contributed by atoms with E-state index in [1.165, 1.54) is 18.5 Å². The number of halogens is 2. The highest BCUT2D eigenvalue weighted by Gasteiger charge is 2.22. The minimum atomic E-state index is 0.147. The number of hydrogen-bond acceptors (Lipinski definition) is 2. The number of rotatable bonds is 3. The van der Waals surface area contributed by atoms with E-state index in [9.17, 15) is 0 Å². The van der Waals surface area contributed by atoms with Gasteiger partial charge in [-0.15, -0.1) is 0 Å². The number of hydrogen-bond donors (Lipinski definition) is 1. The van der Waals surface area contributed by atoms with Crippen molar-refractivity contribution >= 4 is 23.2 Å². The summed E-state index contributed by atoms with van der Waals surface area (Å²) in [4.78, 5) is 4.36. The van der Waals surface area contributed by atoms with Crippen molar-refractivity contribution < 1.29 is 0 Å². The Kier molecular flexibility index (Phi) is 4.53. The first-order chi connectivity index (χ1) is 10.2. The molecule has 112 valence electrons. The van der Waals surface area contributed by atoms with Crippen molar-refractivity contribution in [1.29, 1.82) is 0 Å². The van der Waals surface area contributed by atoms with Crippen molar-refractivity contribution in [3.05, 3.63) is 52.0 Å². The van der Waals surface area contributed by atoms with Crippen molar-refractivity contribution in [2.45, 2.75) is 31.7 Å². The molecule has 1 aliphatic heterocycles. The largest absolute Gasteiger partial charge is 0.327 e. The summed E-state index contributed by atoms with van der Waals surface area (Å²) in [6.45, 7) is 4.28. The summed E-state index contributed by atoms with van der Waals surface area (Å²) in [5, 5.41) is 4.83. The fourth-order valence-corrected chi connectivity index (χ4v) is 3.62. The van der Waals surface area contributed by atoms with Gasteiger partial charge in [0.25, 0.3) is 0 Å². The highest BCUT2D eigenvalue weighted by molar-refractivity contribution is 6.35. The van der Waals surface area contributed by atoms with E-state index >= 15 is 0 Å². The van der Waals surface area contributed by atoms with E-state index in [2.05, 4.69) is 21.8 Å². The molecule has 1 aliphatic rings. The van der Waals surface area contributed by atoms with Gasteiger partial charge in [-0.25, -0.2) is 4.98 Å². The van der Waals surface area contributed by atoms with E-state index in [-0.39, 0.29) is 6.04 Å². The highest BCUT2D eigenvalue weighted by Crippen LogP contribution is 2.32. The van der Waals surface area contributed by atoms with Crippen LogP contribution < -0.4 is 5.32 Å². The van der Waals surface area contributed by atoms with E-state index < -0.39 is 0 Å². The highest BCUT2D eigenvalue weighted by atomic mass is 35.5. The van der Waals surface area contributed by atoms with Gasteiger partial charge in [0.1, 0.15) is 0 Å². The van der Waals surface area contributed by atoms with E-state index in [4.69, 9.17) is 23.2 Å². The summed E-state index contributed by atoms with van der Waals surface area (Å²) in [7, 11) is 0. The fourth-order valence-electron chi connectivity index (χ4n) is 3.05. The Morgan fingerprint density at radius 2 is 2.24 bits per heavy atom. The number of nitrogens with one attached hydrogen (secondary N) is 1. The van der Waals surface area contributed by atoms with Crippen molar-refractivity contribution in [3.63, 3.8) is 0 Å². The lowest BCUT2D eigenvalue weighted by Gasteiger charge is -2.26. The average Bonchev–Trinajstić information content (AvgIpc) is 2.97. The Hall–Kier alpha value is -1.03. The maximum absolute atomic E-state index is 6.35. The Morgan fingerprint density at radius 3 is 2.95 bits per heavy atom. The molecule has 3 nitrogen and oxygen atoms in total. The number of aromatic nitrogens is 2. The van der Waals surface area contributed by atoms with Gasteiger partial charge in [-0.2, -0.15) is 0 Å². The number of imidazole rings is 1. The molecule has 2 atom stereocenters. The first-order valence-corrected chi connectivity index (χ1v) is 8.10. The molecule has 1 aromatic carbocycles. The zero-order valence-electron chi connectivity index (χ0n) is 12.0. The molecular weight excluding hydrogens is 305 g/mol. The second-order valence-corrected chi connectivity index (χ2v) is 6.45. The first kappa shape index (κ1) is 14.9. The molecule has 1 aromatic heterocycles. The van der Waals surface area contributed by atoms with Gasteiger partial charge in [-0.3, -0.25) is 0 Å². The molecule has 2 unspecified atom stereocenters. The SMILES string of the molecule is CC(c1ccc(Cl)cc1Cl)n1cncc1C1CCCNC1. The van der Waals surface area contributed by atoms with Crippen molar-refractivity contribution in [3.8, 4) is 0 Å². The summed E-state index contributed by atoms with van der Waals surface area (Å²) in [5.41, 5.74) is 2.35. The lowest BCUT2D eigenvalue weighted by Crippen LogP contribution is -2.30. The third kappa shape index (κ3) is 3.10. The second kappa shape index (κ2) is 6.39. The molecule has 1 saturated heterocycles. The lowest BCUT2D eigenvalue weighted by molar-refractivity contribution is 0.435. The predicted octanol–water partition coefficient (Wildman–Crippen LogP) is 4.27. The van der Waals surface area contributed by atoms with Crippen molar-refractivity contribution in [2.75, 3.05) is 13.1 Å². The number of piperidine rings is 1. The molecule has 0 amide bonds. The topological polar surface area (TPSA) is 29.9 Å². The molecule has 2 aromatic rings. The van der Waals surface area contributed by atoms with E-state index in [0.29, 0.717) is 16.0 Å². The Morgan fingerprint density at radius 1 is 1.38 bits per heavy atom. The van der Waals surface area contributed by atoms with Gasteiger partial charge >= 0.3 is 0 Å². The van der Waals surface area contributed by atoms with E-state index in [1.54, 1.807) is 6.07 Å². The number of nitrogens with zero attached hydrogens (tertiary/aromatic N) is 2. The molecule has 21 heavy (non-hydrogen) atoms. The minimum absolute atomic E-state index is 0.147. The van der Waals surface area contributed by atoms with Crippen LogP contribution in [0.25, 0.3) is 0 Å². The maximum atomic E-state index is 6.35. The Bertz CT molecular complexity index is 618. The molecule has 1 N–H and O–H groups in total. The third-order valence-electron chi connectivity index (χ3n) is 4.24. The third-order valence-corrected chi connectivity index (χ3v) is 4.80. The van der Waals surface area contributed by atoms with Gasteiger partial charge in [-0.05, 0) is 44.0 Å². The Labute approximate surface area is 135 Å². The summed E-state index contributed by atoms with van der Waals surface area (Å²) in [6.07, 6.45) is 6.31. The molecule has 0 spiro atoms. The molecule has 0 bridgehead atoms. The zero-order chi connectivity index (χ0) is 14.8. The summed E-state index contributed by atoms with van der Waals surface area (Å²) >= 11 is 12.3. The molecular formula is C16H19Cl2N3. The standard InChI is InChI=1S/C16H19Cl2N3/c1-11(14-5-4-13(17)7-15(14)18)21-10-20-9-16(21)12-3-2-6-19-8-12/h4-5,7,9-12,19H,2-3,6,8H2,1H3. The van der Waals surface area contributed by atoms with Crippen LogP contribution in [0.3, 0.4) is 0 Å². The molecule has 0 aliphatic carbocycles. The van der Waals surface area contributed by atoms with Crippen LogP contribution in [0, 0.1) is 0 Å². The second-order valence-electron chi connectivity index (χ2n) is 5.61. The van der Waals surface area contributed by atoms with Gasteiger partial charge in [0.05, 0.1) is 12.4 Å². The monoisotopic (exact) mass is 323 g/mol.